The average molecular weight is 532 g/mol. The van der Waals surface area contributed by atoms with Crippen molar-refractivity contribution in [2.75, 3.05) is 4.90 Å². The van der Waals surface area contributed by atoms with Crippen LogP contribution in [0.3, 0.4) is 0 Å². The number of carbonyl (C=O) groups excluding carboxylic acids is 2. The van der Waals surface area contributed by atoms with Crippen LogP contribution < -0.4 is 9.64 Å². The number of benzene rings is 3. The molecule has 1 N–H and O–H groups in total. The zero-order valence-electron chi connectivity index (χ0n) is 19.8. The SMILES string of the molecule is C[C@H]1Cc2cc(/C(O)=C3\C(=O)C(=O)N(c4nc5ccc(F)cc5s4)[C@@H]3c3cccc([N+](=O)[O-])c3)ccc2O1. The van der Waals surface area contributed by atoms with Gasteiger partial charge < -0.3 is 9.84 Å². The number of aliphatic hydroxyl groups is 1. The van der Waals surface area contributed by atoms with Gasteiger partial charge in [0, 0.05) is 24.1 Å². The Morgan fingerprint density at radius 2 is 2.00 bits per heavy atom. The number of ether oxygens (including phenoxy) is 1. The van der Waals surface area contributed by atoms with E-state index in [1.54, 1.807) is 18.2 Å². The van der Waals surface area contributed by atoms with E-state index >= 15 is 0 Å². The van der Waals surface area contributed by atoms with Gasteiger partial charge >= 0.3 is 5.91 Å². The molecule has 0 radical (unpaired) electrons. The number of aliphatic hydroxyl groups excluding tert-OH is 1. The second-order valence-corrected chi connectivity index (χ2v) is 10.1. The highest BCUT2D eigenvalue weighted by Gasteiger charge is 2.48. The van der Waals surface area contributed by atoms with Crippen LogP contribution in [0.5, 0.6) is 5.75 Å². The van der Waals surface area contributed by atoms with E-state index in [2.05, 4.69) is 4.98 Å². The minimum absolute atomic E-state index is 0.0401. The van der Waals surface area contributed by atoms with Crippen LogP contribution in [0.15, 0.2) is 66.2 Å². The van der Waals surface area contributed by atoms with Crippen molar-refractivity contribution in [1.29, 1.82) is 0 Å². The van der Waals surface area contributed by atoms with E-state index in [0.29, 0.717) is 28.0 Å². The third-order valence-corrected chi connectivity index (χ3v) is 7.57. The Hall–Kier alpha value is -4.64. The first-order chi connectivity index (χ1) is 18.2. The van der Waals surface area contributed by atoms with Crippen LogP contribution in [-0.2, 0) is 16.0 Å². The summed E-state index contributed by atoms with van der Waals surface area (Å²) in [6, 6.07) is 13.2. The standard InChI is InChI=1S/C27H18FN3O6S/c1-13-9-16-10-15(5-8-20(16)37-13)24(32)22-23(14-3-2-4-18(11-14)31(35)36)30(26(34)25(22)33)27-29-19-7-6-17(28)12-21(19)38-27/h2-8,10-13,23,32H,9H2,1H3/b24-22+/t13-,23+/m0/s1. The van der Waals surface area contributed by atoms with Gasteiger partial charge in [0.2, 0.25) is 0 Å². The van der Waals surface area contributed by atoms with Gasteiger partial charge in [-0.15, -0.1) is 0 Å². The summed E-state index contributed by atoms with van der Waals surface area (Å²) in [6.07, 6.45) is 0.572. The summed E-state index contributed by atoms with van der Waals surface area (Å²) >= 11 is 0.997. The summed E-state index contributed by atoms with van der Waals surface area (Å²) in [5.41, 5.74) is 1.33. The second-order valence-electron chi connectivity index (χ2n) is 9.08. The second kappa shape index (κ2) is 8.73. The molecule has 0 aliphatic carbocycles. The van der Waals surface area contributed by atoms with Crippen LogP contribution in [0, 0.1) is 15.9 Å². The number of hydrogen-bond acceptors (Lipinski definition) is 8. The molecule has 0 spiro atoms. The van der Waals surface area contributed by atoms with Gasteiger partial charge in [-0.05, 0) is 54.4 Å². The molecule has 38 heavy (non-hydrogen) atoms. The lowest BCUT2D eigenvalue weighted by Gasteiger charge is -2.22. The molecule has 1 fully saturated rings. The molecule has 2 aliphatic heterocycles. The Kier molecular flexibility index (Phi) is 5.46. The minimum Gasteiger partial charge on any atom is -0.507 e. The van der Waals surface area contributed by atoms with Crippen LogP contribution in [0.2, 0.25) is 0 Å². The molecule has 3 heterocycles. The van der Waals surface area contributed by atoms with Gasteiger partial charge in [0.05, 0.1) is 26.8 Å². The van der Waals surface area contributed by atoms with E-state index < -0.39 is 34.2 Å². The Morgan fingerprint density at radius 1 is 1.18 bits per heavy atom. The van der Waals surface area contributed by atoms with E-state index in [-0.39, 0.29) is 28.1 Å². The zero-order valence-corrected chi connectivity index (χ0v) is 20.6. The molecule has 6 rings (SSSR count). The molecule has 9 nitrogen and oxygen atoms in total. The number of fused-ring (bicyclic) bond motifs is 2. The summed E-state index contributed by atoms with van der Waals surface area (Å²) in [5.74, 6) is -2.15. The molecule has 0 bridgehead atoms. The van der Waals surface area contributed by atoms with Crippen molar-refractivity contribution >= 4 is 49.8 Å². The number of rotatable bonds is 4. The third kappa shape index (κ3) is 3.79. The molecule has 1 saturated heterocycles. The van der Waals surface area contributed by atoms with Crippen molar-refractivity contribution in [3.63, 3.8) is 0 Å². The molecule has 0 saturated carbocycles. The zero-order chi connectivity index (χ0) is 26.7. The first-order valence-electron chi connectivity index (χ1n) is 11.6. The molecule has 3 aromatic carbocycles. The summed E-state index contributed by atoms with van der Waals surface area (Å²) in [5, 5.41) is 23.0. The smallest absolute Gasteiger partial charge is 0.301 e. The molecule has 1 aromatic heterocycles. The Bertz CT molecular complexity index is 1710. The Balaban J connectivity index is 1.56. The van der Waals surface area contributed by atoms with Gasteiger partial charge in [0.15, 0.2) is 5.13 Å². The number of aromatic nitrogens is 1. The fourth-order valence-corrected chi connectivity index (χ4v) is 5.88. The van der Waals surface area contributed by atoms with Crippen molar-refractivity contribution in [3.8, 4) is 5.75 Å². The fourth-order valence-electron chi connectivity index (χ4n) is 4.87. The van der Waals surface area contributed by atoms with Gasteiger partial charge in [-0.1, -0.05) is 23.5 Å². The fraction of sp³-hybridized carbons (Fsp3) is 0.148. The largest absolute Gasteiger partial charge is 0.507 e. The molecule has 2 atom stereocenters. The number of carbonyl (C=O) groups is 2. The maximum absolute atomic E-state index is 13.8. The molecule has 2 aliphatic rings. The van der Waals surface area contributed by atoms with E-state index in [1.165, 1.54) is 42.5 Å². The number of Topliss-reactive ketones (excluding diaryl/α,β-unsaturated/α-hetero) is 1. The summed E-state index contributed by atoms with van der Waals surface area (Å²) in [6.45, 7) is 1.91. The quantitative estimate of drug-likeness (QED) is 0.125. The topological polar surface area (TPSA) is 123 Å². The molecular weight excluding hydrogens is 513 g/mol. The minimum atomic E-state index is -1.20. The molecular formula is C27H18FN3O6S. The molecule has 11 heteroatoms. The number of nitrogens with zero attached hydrogens (tertiary/aromatic N) is 3. The van der Waals surface area contributed by atoms with E-state index in [0.717, 1.165) is 21.8 Å². The van der Waals surface area contributed by atoms with Crippen LogP contribution in [0.4, 0.5) is 15.2 Å². The highest BCUT2D eigenvalue weighted by atomic mass is 32.1. The number of hydrogen-bond donors (Lipinski definition) is 1. The maximum atomic E-state index is 13.8. The highest BCUT2D eigenvalue weighted by molar-refractivity contribution is 7.22. The van der Waals surface area contributed by atoms with E-state index in [1.807, 2.05) is 6.92 Å². The maximum Gasteiger partial charge on any atom is 0.301 e. The number of thiazole rings is 1. The predicted octanol–water partition coefficient (Wildman–Crippen LogP) is 5.29. The first-order valence-corrected chi connectivity index (χ1v) is 12.4. The highest BCUT2D eigenvalue weighted by Crippen LogP contribution is 2.45. The lowest BCUT2D eigenvalue weighted by atomic mass is 9.94. The monoisotopic (exact) mass is 531 g/mol. The van der Waals surface area contributed by atoms with Crippen LogP contribution in [0.25, 0.3) is 16.0 Å². The number of amides is 1. The molecule has 0 unspecified atom stereocenters. The van der Waals surface area contributed by atoms with Gasteiger partial charge in [-0.25, -0.2) is 9.37 Å². The number of ketones is 1. The first kappa shape index (κ1) is 23.7. The summed E-state index contributed by atoms with van der Waals surface area (Å²) in [7, 11) is 0. The van der Waals surface area contributed by atoms with Gasteiger partial charge in [-0.2, -0.15) is 0 Å². The Morgan fingerprint density at radius 3 is 2.79 bits per heavy atom. The molecule has 4 aromatic rings. The normalized spacial score (nSPS) is 20.1. The van der Waals surface area contributed by atoms with Crippen molar-refractivity contribution in [3.05, 3.63) is 98.9 Å². The van der Waals surface area contributed by atoms with Crippen LogP contribution in [0.1, 0.15) is 29.7 Å². The van der Waals surface area contributed by atoms with E-state index in [9.17, 15) is 29.2 Å². The molecule has 190 valence electrons. The van der Waals surface area contributed by atoms with Gasteiger partial charge in [0.25, 0.3) is 11.5 Å². The van der Waals surface area contributed by atoms with Crippen molar-refractivity contribution in [2.45, 2.75) is 25.5 Å². The number of nitro groups is 1. The van der Waals surface area contributed by atoms with Crippen molar-refractivity contribution in [2.24, 2.45) is 0 Å². The summed E-state index contributed by atoms with van der Waals surface area (Å²) in [4.78, 5) is 43.3. The number of nitro benzene ring substituents is 1. The van der Waals surface area contributed by atoms with Crippen LogP contribution >= 0.6 is 11.3 Å². The van der Waals surface area contributed by atoms with Crippen molar-refractivity contribution < 1.29 is 28.7 Å². The summed E-state index contributed by atoms with van der Waals surface area (Å²) < 4.78 is 20.0. The van der Waals surface area contributed by atoms with Crippen molar-refractivity contribution in [1.82, 2.24) is 4.98 Å². The average Bonchev–Trinajstić information content (AvgIpc) is 3.55. The number of non-ortho nitro benzene ring substituents is 1. The van der Waals surface area contributed by atoms with Gasteiger partial charge in [0.1, 0.15) is 23.4 Å². The van der Waals surface area contributed by atoms with Crippen LogP contribution in [-0.4, -0.2) is 32.8 Å². The number of anilines is 1. The lowest BCUT2D eigenvalue weighted by Crippen LogP contribution is -2.29. The Labute approximate surface area is 218 Å². The molecule has 1 amide bonds. The van der Waals surface area contributed by atoms with Gasteiger partial charge in [-0.3, -0.25) is 24.6 Å². The lowest BCUT2D eigenvalue weighted by molar-refractivity contribution is -0.384. The third-order valence-electron chi connectivity index (χ3n) is 6.56. The van der Waals surface area contributed by atoms with E-state index in [4.69, 9.17) is 4.74 Å². The predicted molar refractivity (Wildman–Crippen MR) is 138 cm³/mol. The number of halogens is 1.